The number of hydrogen-bond acceptors (Lipinski definition) is 5. The average molecular weight is 400 g/mol. The largest absolute Gasteiger partial charge is 0.493 e. The molecular weight excluding hydrogens is 372 g/mol. The van der Waals surface area contributed by atoms with Gasteiger partial charge in [-0.05, 0) is 49.5 Å². The number of allylic oxidation sites excluding steroid dienone is 1. The highest BCUT2D eigenvalue weighted by atomic mass is 16.5. The first kappa shape index (κ1) is 22.6. The number of carbonyl (C=O) groups is 2. The number of ether oxygens (including phenoxy) is 1. The molecule has 0 spiro atoms. The van der Waals surface area contributed by atoms with Gasteiger partial charge in [0.2, 0.25) is 0 Å². The Labute approximate surface area is 170 Å². The summed E-state index contributed by atoms with van der Waals surface area (Å²) in [6, 6.07) is 9.59. The van der Waals surface area contributed by atoms with Gasteiger partial charge in [0.25, 0.3) is 5.79 Å². The molecule has 1 unspecified atom stereocenters. The molecule has 1 aromatic rings. The van der Waals surface area contributed by atoms with E-state index in [0.717, 1.165) is 18.6 Å². The van der Waals surface area contributed by atoms with Crippen LogP contribution in [0, 0.1) is 17.8 Å². The van der Waals surface area contributed by atoms with Crippen LogP contribution in [-0.2, 0) is 9.59 Å². The summed E-state index contributed by atoms with van der Waals surface area (Å²) in [5.41, 5.74) is 2.78. The third-order valence-corrected chi connectivity index (χ3v) is 5.12. The molecule has 0 radical (unpaired) electrons. The minimum atomic E-state index is -2.84. The topological polar surface area (TPSA) is 104 Å². The van der Waals surface area contributed by atoms with E-state index in [0.29, 0.717) is 19.4 Å². The van der Waals surface area contributed by atoms with Crippen LogP contribution in [0.1, 0.15) is 32.6 Å². The predicted molar refractivity (Wildman–Crippen MR) is 108 cm³/mol. The number of ketones is 1. The molecule has 1 aliphatic carbocycles. The van der Waals surface area contributed by atoms with Crippen LogP contribution in [0.2, 0.25) is 0 Å². The molecule has 1 aromatic carbocycles. The highest BCUT2D eigenvalue weighted by molar-refractivity contribution is 5.83. The summed E-state index contributed by atoms with van der Waals surface area (Å²) in [5.74, 6) is -4.52. The van der Waals surface area contributed by atoms with Crippen molar-refractivity contribution in [3.63, 3.8) is 0 Å². The number of rotatable bonds is 10. The van der Waals surface area contributed by atoms with Crippen LogP contribution in [-0.4, -0.2) is 39.5 Å². The van der Waals surface area contributed by atoms with Gasteiger partial charge in [0.1, 0.15) is 11.5 Å². The van der Waals surface area contributed by atoms with E-state index in [-0.39, 0.29) is 17.6 Å². The smallest absolute Gasteiger partial charge is 0.364 e. The van der Waals surface area contributed by atoms with Gasteiger partial charge in [-0.15, -0.1) is 5.73 Å². The Hall–Kier alpha value is -2.66. The maximum Gasteiger partial charge on any atom is 0.364 e. The first-order chi connectivity index (χ1) is 13.8. The van der Waals surface area contributed by atoms with Gasteiger partial charge in [-0.2, -0.15) is 0 Å². The first-order valence-corrected chi connectivity index (χ1v) is 9.78. The van der Waals surface area contributed by atoms with Crippen molar-refractivity contribution in [3.8, 4) is 5.75 Å². The Morgan fingerprint density at radius 1 is 1.34 bits per heavy atom. The van der Waals surface area contributed by atoms with Crippen LogP contribution in [0.5, 0.6) is 5.75 Å². The lowest BCUT2D eigenvalue weighted by molar-refractivity contribution is -0.214. The number of aliphatic hydroxyl groups is 2. The van der Waals surface area contributed by atoms with Crippen LogP contribution in [0.25, 0.3) is 0 Å². The summed E-state index contributed by atoms with van der Waals surface area (Å²) < 4.78 is 5.64. The van der Waals surface area contributed by atoms with Crippen molar-refractivity contribution >= 4 is 11.8 Å². The fraction of sp³-hybridized carbons (Fsp3) is 0.435. The quantitative estimate of drug-likeness (QED) is 0.241. The monoisotopic (exact) mass is 400 g/mol. The molecule has 1 aliphatic rings. The maximum atomic E-state index is 12.2. The molecule has 29 heavy (non-hydrogen) atoms. The number of Topliss-reactive ketones (excluding diaryl/α,β-unsaturated/α-hetero) is 1. The molecule has 0 saturated heterocycles. The molecule has 6 heteroatoms. The molecular formula is C23H28O6. The van der Waals surface area contributed by atoms with Gasteiger partial charge in [-0.3, -0.25) is 4.79 Å². The second-order valence-electron chi connectivity index (χ2n) is 7.25. The summed E-state index contributed by atoms with van der Waals surface area (Å²) >= 11 is 0. The number of aliphatic carboxylic acids is 1. The minimum Gasteiger partial charge on any atom is -0.493 e. The molecule has 0 aliphatic heterocycles. The molecule has 6 nitrogen and oxygen atoms in total. The number of carboxylic acid groups (broad SMARTS) is 1. The lowest BCUT2D eigenvalue weighted by Gasteiger charge is -2.20. The van der Waals surface area contributed by atoms with Crippen molar-refractivity contribution in [3.05, 3.63) is 60.4 Å². The van der Waals surface area contributed by atoms with Gasteiger partial charge >= 0.3 is 5.97 Å². The molecule has 0 amide bonds. The van der Waals surface area contributed by atoms with Crippen LogP contribution < -0.4 is 4.74 Å². The fourth-order valence-electron chi connectivity index (χ4n) is 3.22. The average Bonchev–Trinajstić information content (AvgIpc) is 3.05. The van der Waals surface area contributed by atoms with Gasteiger partial charge in [0.15, 0.2) is 0 Å². The van der Waals surface area contributed by atoms with Crippen LogP contribution in [0.4, 0.5) is 0 Å². The standard InChI is InChI=1S/C23H28O6/c1-17(23(27,28)22(25)26)9-5-6-13-20-18(14-15-21(20)24)10-7-8-16-29-19-11-3-2-4-12-19/h2-4,6-7,9-12,17-18,20,27-28H,8,13-16H2,1H3,(H,25,26)/b10-7+/t5?,17?,18-,20+/m0/s1. The first-order valence-electron chi connectivity index (χ1n) is 9.78. The Kier molecular flexibility index (Phi) is 8.40. The summed E-state index contributed by atoms with van der Waals surface area (Å²) in [5, 5.41) is 27.7. The molecule has 0 aromatic heterocycles. The van der Waals surface area contributed by atoms with E-state index >= 15 is 0 Å². The van der Waals surface area contributed by atoms with Gasteiger partial charge in [-0.1, -0.05) is 37.3 Å². The lowest BCUT2D eigenvalue weighted by atomic mass is 9.91. The molecule has 0 bridgehead atoms. The second-order valence-corrected chi connectivity index (χ2v) is 7.25. The van der Waals surface area contributed by atoms with Crippen molar-refractivity contribution in [2.75, 3.05) is 6.61 Å². The van der Waals surface area contributed by atoms with Crippen molar-refractivity contribution < 1.29 is 29.6 Å². The number of carbonyl (C=O) groups excluding carboxylic acids is 1. The van der Waals surface area contributed by atoms with Crippen molar-refractivity contribution in [1.29, 1.82) is 0 Å². The summed E-state index contributed by atoms with van der Waals surface area (Å²) in [6.45, 7) is 1.94. The molecule has 156 valence electrons. The van der Waals surface area contributed by atoms with Gasteiger partial charge in [0.05, 0.1) is 6.61 Å². The fourth-order valence-corrected chi connectivity index (χ4v) is 3.22. The van der Waals surface area contributed by atoms with E-state index in [1.807, 2.05) is 36.4 Å². The molecule has 3 atom stereocenters. The number of hydrogen-bond donors (Lipinski definition) is 3. The normalized spacial score (nSPS) is 20.3. The van der Waals surface area contributed by atoms with Crippen LogP contribution in [0.3, 0.4) is 0 Å². The Bertz CT molecular complexity index is 774. The van der Waals surface area contributed by atoms with E-state index in [1.165, 1.54) is 13.0 Å². The Morgan fingerprint density at radius 3 is 2.76 bits per heavy atom. The highest BCUT2D eigenvalue weighted by Gasteiger charge is 2.38. The molecule has 3 N–H and O–H groups in total. The van der Waals surface area contributed by atoms with Crippen molar-refractivity contribution in [2.45, 2.75) is 38.4 Å². The number of benzene rings is 1. The van der Waals surface area contributed by atoms with Crippen molar-refractivity contribution in [2.24, 2.45) is 17.8 Å². The summed E-state index contributed by atoms with van der Waals surface area (Å²) in [4.78, 5) is 23.0. The summed E-state index contributed by atoms with van der Waals surface area (Å²) in [6.07, 6.45) is 9.65. The zero-order valence-electron chi connectivity index (χ0n) is 16.5. The van der Waals surface area contributed by atoms with Crippen LogP contribution in [0.15, 0.2) is 60.4 Å². The van der Waals surface area contributed by atoms with E-state index < -0.39 is 17.7 Å². The minimum absolute atomic E-state index is 0.134. The highest BCUT2D eigenvalue weighted by Crippen LogP contribution is 2.32. The van der Waals surface area contributed by atoms with Crippen molar-refractivity contribution in [1.82, 2.24) is 0 Å². The lowest BCUT2D eigenvalue weighted by Crippen LogP contribution is -2.43. The van der Waals surface area contributed by atoms with E-state index in [4.69, 9.17) is 9.84 Å². The molecule has 1 fully saturated rings. The van der Waals surface area contributed by atoms with E-state index in [1.54, 1.807) is 6.08 Å². The molecule has 1 saturated carbocycles. The van der Waals surface area contributed by atoms with E-state index in [9.17, 15) is 19.8 Å². The van der Waals surface area contributed by atoms with E-state index in [2.05, 4.69) is 11.8 Å². The summed E-state index contributed by atoms with van der Waals surface area (Å²) in [7, 11) is 0. The zero-order valence-corrected chi connectivity index (χ0v) is 16.5. The zero-order chi connectivity index (χ0) is 21.3. The Balaban J connectivity index is 1.83. The third kappa shape index (κ3) is 6.71. The van der Waals surface area contributed by atoms with Crippen LogP contribution >= 0.6 is 0 Å². The number of carboxylic acids is 1. The maximum absolute atomic E-state index is 12.2. The second kappa shape index (κ2) is 10.8. The Morgan fingerprint density at radius 2 is 2.07 bits per heavy atom. The third-order valence-electron chi connectivity index (χ3n) is 5.12. The van der Waals surface area contributed by atoms with Gasteiger partial charge in [-0.25, -0.2) is 4.79 Å². The van der Waals surface area contributed by atoms with Gasteiger partial charge in [0, 0.05) is 18.3 Å². The number of para-hydroxylation sites is 1. The van der Waals surface area contributed by atoms with Gasteiger partial charge < -0.3 is 20.1 Å². The predicted octanol–water partition coefficient (Wildman–Crippen LogP) is 3.11. The molecule has 2 rings (SSSR count). The SMILES string of the molecule is CC(C=C=CC[C@H]1C(=O)CC[C@@H]1/C=C/CCOc1ccccc1)C(O)(O)C(=O)O. The molecule has 0 heterocycles.